The molecule has 76 valence electrons. The molecular formula is C11H14O2S. The Morgan fingerprint density at radius 2 is 2.00 bits per heavy atom. The van der Waals surface area contributed by atoms with E-state index in [-0.39, 0.29) is 5.97 Å². The average Bonchev–Trinajstić information content (AvgIpc) is 2.17. The van der Waals surface area contributed by atoms with Gasteiger partial charge in [0.2, 0.25) is 0 Å². The summed E-state index contributed by atoms with van der Waals surface area (Å²) in [6, 6.07) is 7.79. The molecule has 0 aliphatic rings. The summed E-state index contributed by atoms with van der Waals surface area (Å²) in [6.07, 6.45) is 1.17. The van der Waals surface area contributed by atoms with E-state index in [2.05, 4.69) is 12.6 Å². The van der Waals surface area contributed by atoms with Crippen LogP contribution in [0.15, 0.2) is 29.2 Å². The fourth-order valence-corrected chi connectivity index (χ4v) is 1.29. The van der Waals surface area contributed by atoms with Crippen LogP contribution in [0.3, 0.4) is 0 Å². The number of hydrogen-bond acceptors (Lipinski definition) is 3. The minimum atomic E-state index is -0.137. The molecule has 0 aliphatic heterocycles. The minimum absolute atomic E-state index is 0.137. The van der Waals surface area contributed by atoms with Gasteiger partial charge >= 0.3 is 5.97 Å². The molecule has 0 bridgehead atoms. The maximum Gasteiger partial charge on any atom is 0.306 e. The fraction of sp³-hybridized carbons (Fsp3) is 0.364. The van der Waals surface area contributed by atoms with Gasteiger partial charge in [-0.1, -0.05) is 12.1 Å². The first-order valence-corrected chi connectivity index (χ1v) is 5.10. The lowest BCUT2D eigenvalue weighted by Crippen LogP contribution is -2.04. The molecule has 1 aromatic rings. The Kier molecular flexibility index (Phi) is 4.53. The predicted molar refractivity (Wildman–Crippen MR) is 58.6 cm³/mol. The maximum absolute atomic E-state index is 11.0. The molecule has 1 aromatic carbocycles. The van der Waals surface area contributed by atoms with E-state index in [4.69, 9.17) is 4.74 Å². The highest BCUT2D eigenvalue weighted by Gasteiger charge is 2.01. The van der Waals surface area contributed by atoms with Gasteiger partial charge in [-0.05, 0) is 31.0 Å². The number of carbonyl (C=O) groups is 1. The molecule has 0 atom stereocenters. The second kappa shape index (κ2) is 5.70. The highest BCUT2D eigenvalue weighted by Crippen LogP contribution is 2.09. The van der Waals surface area contributed by atoms with Crippen LogP contribution in [-0.4, -0.2) is 12.6 Å². The molecule has 0 saturated carbocycles. The van der Waals surface area contributed by atoms with Gasteiger partial charge in [0.1, 0.15) is 0 Å². The first-order valence-electron chi connectivity index (χ1n) is 4.66. The standard InChI is InChI=1S/C11H14O2S/c1-2-13-11(12)8-5-9-3-6-10(14)7-4-9/h3-4,6-7,14H,2,5,8H2,1H3. The summed E-state index contributed by atoms with van der Waals surface area (Å²) in [7, 11) is 0. The Morgan fingerprint density at radius 1 is 1.36 bits per heavy atom. The molecular weight excluding hydrogens is 196 g/mol. The average molecular weight is 210 g/mol. The van der Waals surface area contributed by atoms with Crippen molar-refractivity contribution >= 4 is 18.6 Å². The monoisotopic (exact) mass is 210 g/mol. The van der Waals surface area contributed by atoms with Gasteiger partial charge in [-0.2, -0.15) is 0 Å². The molecule has 0 fully saturated rings. The van der Waals surface area contributed by atoms with Crippen molar-refractivity contribution in [2.45, 2.75) is 24.7 Å². The summed E-state index contributed by atoms with van der Waals surface area (Å²) in [4.78, 5) is 12.0. The highest BCUT2D eigenvalue weighted by molar-refractivity contribution is 7.80. The van der Waals surface area contributed by atoms with Crippen LogP contribution < -0.4 is 0 Å². The molecule has 0 unspecified atom stereocenters. The Hall–Kier alpha value is -0.960. The van der Waals surface area contributed by atoms with Gasteiger partial charge in [0.05, 0.1) is 6.61 Å². The number of rotatable bonds is 4. The normalized spacial score (nSPS) is 9.86. The third kappa shape index (κ3) is 3.83. The van der Waals surface area contributed by atoms with E-state index in [0.717, 1.165) is 16.9 Å². The topological polar surface area (TPSA) is 26.3 Å². The molecule has 14 heavy (non-hydrogen) atoms. The Balaban J connectivity index is 2.38. The molecule has 0 saturated heterocycles. The van der Waals surface area contributed by atoms with Crippen LogP contribution in [0.1, 0.15) is 18.9 Å². The van der Waals surface area contributed by atoms with Crippen molar-refractivity contribution in [1.29, 1.82) is 0 Å². The first-order chi connectivity index (χ1) is 6.72. The van der Waals surface area contributed by atoms with Gasteiger partial charge in [-0.15, -0.1) is 12.6 Å². The lowest BCUT2D eigenvalue weighted by atomic mass is 10.1. The summed E-state index contributed by atoms with van der Waals surface area (Å²) in [5.41, 5.74) is 1.14. The lowest BCUT2D eigenvalue weighted by Gasteiger charge is -2.02. The molecule has 2 nitrogen and oxygen atoms in total. The van der Waals surface area contributed by atoms with Gasteiger partial charge in [0, 0.05) is 11.3 Å². The van der Waals surface area contributed by atoms with Crippen LogP contribution in [-0.2, 0) is 16.0 Å². The zero-order valence-corrected chi connectivity index (χ0v) is 9.09. The van der Waals surface area contributed by atoms with E-state index in [9.17, 15) is 4.79 Å². The van der Waals surface area contributed by atoms with Crippen LogP contribution in [0.25, 0.3) is 0 Å². The van der Waals surface area contributed by atoms with Gasteiger partial charge in [0.15, 0.2) is 0 Å². The van der Waals surface area contributed by atoms with Crippen molar-refractivity contribution in [3.05, 3.63) is 29.8 Å². The molecule has 0 amide bonds. The van der Waals surface area contributed by atoms with Crippen molar-refractivity contribution in [2.75, 3.05) is 6.61 Å². The van der Waals surface area contributed by atoms with E-state index in [1.807, 2.05) is 31.2 Å². The summed E-state index contributed by atoms with van der Waals surface area (Å²) >= 11 is 4.18. The number of benzene rings is 1. The molecule has 0 N–H and O–H groups in total. The van der Waals surface area contributed by atoms with Gasteiger partial charge < -0.3 is 4.74 Å². The fourth-order valence-electron chi connectivity index (χ4n) is 1.14. The quantitative estimate of drug-likeness (QED) is 0.610. The lowest BCUT2D eigenvalue weighted by molar-refractivity contribution is -0.143. The minimum Gasteiger partial charge on any atom is -0.466 e. The predicted octanol–water partition coefficient (Wildman–Crippen LogP) is 2.47. The molecule has 0 spiro atoms. The number of thiol groups is 1. The summed E-state index contributed by atoms with van der Waals surface area (Å²) in [5, 5.41) is 0. The van der Waals surface area contributed by atoms with E-state index < -0.39 is 0 Å². The smallest absolute Gasteiger partial charge is 0.306 e. The Labute approximate surface area is 89.7 Å². The second-order valence-corrected chi connectivity index (χ2v) is 3.49. The number of carbonyl (C=O) groups excluding carboxylic acids is 1. The number of hydrogen-bond donors (Lipinski definition) is 1. The Bertz CT molecular complexity index is 293. The third-order valence-electron chi connectivity index (χ3n) is 1.86. The Morgan fingerprint density at radius 3 is 2.57 bits per heavy atom. The second-order valence-electron chi connectivity index (χ2n) is 2.97. The van der Waals surface area contributed by atoms with Crippen molar-refractivity contribution < 1.29 is 9.53 Å². The van der Waals surface area contributed by atoms with Crippen LogP contribution in [0.4, 0.5) is 0 Å². The van der Waals surface area contributed by atoms with Crippen LogP contribution in [0.2, 0.25) is 0 Å². The number of esters is 1. The molecule has 1 rings (SSSR count). The van der Waals surface area contributed by atoms with E-state index in [1.165, 1.54) is 0 Å². The van der Waals surface area contributed by atoms with Gasteiger partial charge in [0.25, 0.3) is 0 Å². The van der Waals surface area contributed by atoms with Crippen molar-refractivity contribution in [3.8, 4) is 0 Å². The molecule has 3 heteroatoms. The van der Waals surface area contributed by atoms with E-state index >= 15 is 0 Å². The van der Waals surface area contributed by atoms with Crippen LogP contribution in [0, 0.1) is 0 Å². The molecule has 0 aliphatic carbocycles. The first kappa shape index (κ1) is 11.1. The zero-order chi connectivity index (χ0) is 10.4. The van der Waals surface area contributed by atoms with Crippen molar-refractivity contribution in [2.24, 2.45) is 0 Å². The summed E-state index contributed by atoms with van der Waals surface area (Å²) < 4.78 is 4.83. The molecule has 0 heterocycles. The zero-order valence-electron chi connectivity index (χ0n) is 8.19. The van der Waals surface area contributed by atoms with Gasteiger partial charge in [-0.25, -0.2) is 0 Å². The van der Waals surface area contributed by atoms with Gasteiger partial charge in [-0.3, -0.25) is 4.79 Å². The van der Waals surface area contributed by atoms with Crippen LogP contribution >= 0.6 is 12.6 Å². The van der Waals surface area contributed by atoms with Crippen LogP contribution in [0.5, 0.6) is 0 Å². The van der Waals surface area contributed by atoms with E-state index in [0.29, 0.717) is 13.0 Å². The third-order valence-corrected chi connectivity index (χ3v) is 2.16. The SMILES string of the molecule is CCOC(=O)CCc1ccc(S)cc1. The largest absolute Gasteiger partial charge is 0.466 e. The highest BCUT2D eigenvalue weighted by atomic mass is 32.1. The van der Waals surface area contributed by atoms with Crippen molar-refractivity contribution in [3.63, 3.8) is 0 Å². The van der Waals surface area contributed by atoms with Crippen molar-refractivity contribution in [1.82, 2.24) is 0 Å². The number of aryl methyl sites for hydroxylation is 1. The maximum atomic E-state index is 11.0. The number of ether oxygens (including phenoxy) is 1. The summed E-state index contributed by atoms with van der Waals surface area (Å²) in [6.45, 7) is 2.27. The summed E-state index contributed by atoms with van der Waals surface area (Å²) in [5.74, 6) is -0.137. The molecule has 0 radical (unpaired) electrons. The van der Waals surface area contributed by atoms with E-state index in [1.54, 1.807) is 0 Å². The molecule has 0 aromatic heterocycles.